The standard InChI is InChI=1S/C22H20O2/c23-21-14-13-18-17(10-6-11-19(18)21)20-9-4-5-12-22(20)24-15-16-7-2-1-3-8-16/h1-12,21,23H,13-15H2. The second-order valence-electron chi connectivity index (χ2n) is 6.20. The first kappa shape index (κ1) is 15.0. The van der Waals surface area contributed by atoms with Crippen LogP contribution in [0.2, 0.25) is 0 Å². The van der Waals surface area contributed by atoms with Gasteiger partial charge in [0.25, 0.3) is 0 Å². The van der Waals surface area contributed by atoms with Crippen molar-refractivity contribution in [2.75, 3.05) is 0 Å². The van der Waals surface area contributed by atoms with Gasteiger partial charge < -0.3 is 9.84 Å². The molecule has 1 aliphatic rings. The highest BCUT2D eigenvalue weighted by molar-refractivity contribution is 5.75. The van der Waals surface area contributed by atoms with Crippen LogP contribution < -0.4 is 4.74 Å². The van der Waals surface area contributed by atoms with Gasteiger partial charge >= 0.3 is 0 Å². The molecule has 4 rings (SSSR count). The van der Waals surface area contributed by atoms with Gasteiger partial charge in [-0.15, -0.1) is 0 Å². The molecular weight excluding hydrogens is 296 g/mol. The molecule has 2 heteroatoms. The fourth-order valence-electron chi connectivity index (χ4n) is 3.44. The molecule has 1 unspecified atom stereocenters. The molecule has 2 nitrogen and oxygen atoms in total. The van der Waals surface area contributed by atoms with E-state index in [9.17, 15) is 5.11 Å². The number of rotatable bonds is 4. The molecule has 0 saturated carbocycles. The van der Waals surface area contributed by atoms with Gasteiger partial charge in [-0.3, -0.25) is 0 Å². The third kappa shape index (κ3) is 2.81. The first-order chi connectivity index (χ1) is 11.8. The number of fused-ring (bicyclic) bond motifs is 1. The summed E-state index contributed by atoms with van der Waals surface area (Å²) in [6.45, 7) is 0.551. The van der Waals surface area contributed by atoms with Gasteiger partial charge in [0.15, 0.2) is 0 Å². The van der Waals surface area contributed by atoms with Gasteiger partial charge in [-0.25, -0.2) is 0 Å². The van der Waals surface area contributed by atoms with Crippen molar-refractivity contribution < 1.29 is 9.84 Å². The smallest absolute Gasteiger partial charge is 0.127 e. The maximum absolute atomic E-state index is 10.1. The zero-order chi connectivity index (χ0) is 16.4. The second-order valence-corrected chi connectivity index (χ2v) is 6.20. The zero-order valence-corrected chi connectivity index (χ0v) is 13.5. The van der Waals surface area contributed by atoms with E-state index in [4.69, 9.17) is 4.74 Å². The van der Waals surface area contributed by atoms with E-state index in [1.165, 1.54) is 11.1 Å². The summed E-state index contributed by atoms with van der Waals surface area (Å²) in [5, 5.41) is 10.1. The lowest BCUT2D eigenvalue weighted by Crippen LogP contribution is -1.98. The Morgan fingerprint density at radius 2 is 1.58 bits per heavy atom. The van der Waals surface area contributed by atoms with Crippen molar-refractivity contribution in [3.8, 4) is 16.9 Å². The van der Waals surface area contributed by atoms with Crippen molar-refractivity contribution in [1.29, 1.82) is 0 Å². The third-order valence-electron chi connectivity index (χ3n) is 4.65. The van der Waals surface area contributed by atoms with Crippen LogP contribution in [0, 0.1) is 0 Å². The molecule has 1 aliphatic carbocycles. The highest BCUT2D eigenvalue weighted by Gasteiger charge is 2.23. The Morgan fingerprint density at radius 3 is 2.46 bits per heavy atom. The van der Waals surface area contributed by atoms with Gasteiger partial charge in [0.2, 0.25) is 0 Å². The van der Waals surface area contributed by atoms with E-state index in [0.29, 0.717) is 6.61 Å². The second kappa shape index (κ2) is 6.50. The molecule has 24 heavy (non-hydrogen) atoms. The zero-order valence-electron chi connectivity index (χ0n) is 13.5. The summed E-state index contributed by atoms with van der Waals surface area (Å²) in [4.78, 5) is 0. The minimum atomic E-state index is -0.336. The summed E-state index contributed by atoms with van der Waals surface area (Å²) >= 11 is 0. The average Bonchev–Trinajstić information content (AvgIpc) is 3.02. The van der Waals surface area contributed by atoms with Gasteiger partial charge in [0, 0.05) is 5.56 Å². The van der Waals surface area contributed by atoms with Crippen molar-refractivity contribution in [2.24, 2.45) is 0 Å². The van der Waals surface area contributed by atoms with E-state index in [0.717, 1.165) is 35.3 Å². The van der Waals surface area contributed by atoms with Crippen LogP contribution in [-0.2, 0) is 13.0 Å². The summed E-state index contributed by atoms with van der Waals surface area (Å²) < 4.78 is 6.10. The predicted octanol–water partition coefficient (Wildman–Crippen LogP) is 4.91. The van der Waals surface area contributed by atoms with Gasteiger partial charge in [0.1, 0.15) is 12.4 Å². The van der Waals surface area contributed by atoms with E-state index in [2.05, 4.69) is 24.3 Å². The Labute approximate surface area is 142 Å². The molecule has 0 saturated heterocycles. The average molecular weight is 316 g/mol. The monoisotopic (exact) mass is 316 g/mol. The van der Waals surface area contributed by atoms with E-state index in [1.807, 2.05) is 48.5 Å². The molecule has 0 bridgehead atoms. The number of aliphatic hydroxyl groups is 1. The predicted molar refractivity (Wildman–Crippen MR) is 95.9 cm³/mol. The molecule has 3 aromatic carbocycles. The fourth-order valence-corrected chi connectivity index (χ4v) is 3.44. The highest BCUT2D eigenvalue weighted by Crippen LogP contribution is 2.40. The maximum atomic E-state index is 10.1. The normalized spacial score (nSPS) is 16.0. The van der Waals surface area contributed by atoms with Crippen molar-refractivity contribution in [3.05, 3.63) is 89.5 Å². The quantitative estimate of drug-likeness (QED) is 0.741. The maximum Gasteiger partial charge on any atom is 0.127 e. The molecule has 0 aromatic heterocycles. The van der Waals surface area contributed by atoms with Crippen molar-refractivity contribution in [3.63, 3.8) is 0 Å². The Balaban J connectivity index is 1.68. The van der Waals surface area contributed by atoms with Gasteiger partial charge in [-0.1, -0.05) is 66.7 Å². The molecule has 0 spiro atoms. The van der Waals surface area contributed by atoms with Crippen LogP contribution in [-0.4, -0.2) is 5.11 Å². The fraction of sp³-hybridized carbons (Fsp3) is 0.182. The topological polar surface area (TPSA) is 29.5 Å². The highest BCUT2D eigenvalue weighted by atomic mass is 16.5. The molecule has 0 radical (unpaired) electrons. The van der Waals surface area contributed by atoms with E-state index < -0.39 is 0 Å². The van der Waals surface area contributed by atoms with Crippen LogP contribution in [0.4, 0.5) is 0 Å². The van der Waals surface area contributed by atoms with Crippen LogP contribution in [0.15, 0.2) is 72.8 Å². The Morgan fingerprint density at radius 1 is 0.833 bits per heavy atom. The number of hydrogen-bond acceptors (Lipinski definition) is 2. The molecule has 1 atom stereocenters. The van der Waals surface area contributed by atoms with Gasteiger partial charge in [-0.2, -0.15) is 0 Å². The van der Waals surface area contributed by atoms with Crippen LogP contribution >= 0.6 is 0 Å². The summed E-state index contributed by atoms with van der Waals surface area (Å²) in [6.07, 6.45) is 1.39. The summed E-state index contributed by atoms with van der Waals surface area (Å²) in [7, 11) is 0. The minimum Gasteiger partial charge on any atom is -0.488 e. The number of benzene rings is 3. The van der Waals surface area contributed by atoms with E-state index in [1.54, 1.807) is 0 Å². The van der Waals surface area contributed by atoms with Crippen molar-refractivity contribution in [1.82, 2.24) is 0 Å². The Bertz CT molecular complexity index is 840. The number of ether oxygens (including phenoxy) is 1. The van der Waals surface area contributed by atoms with Crippen LogP contribution in [0.25, 0.3) is 11.1 Å². The van der Waals surface area contributed by atoms with E-state index >= 15 is 0 Å². The summed E-state index contributed by atoms with van der Waals surface area (Å²) in [5.41, 5.74) is 5.74. The lowest BCUT2D eigenvalue weighted by atomic mass is 9.96. The number of hydrogen-bond donors (Lipinski definition) is 1. The molecule has 1 N–H and O–H groups in total. The largest absolute Gasteiger partial charge is 0.488 e. The molecule has 0 aliphatic heterocycles. The number of aliphatic hydroxyl groups excluding tert-OH is 1. The van der Waals surface area contributed by atoms with Crippen molar-refractivity contribution >= 4 is 0 Å². The molecule has 0 amide bonds. The minimum absolute atomic E-state index is 0.336. The third-order valence-corrected chi connectivity index (χ3v) is 4.65. The SMILES string of the molecule is OC1CCc2c(-c3ccccc3OCc3ccccc3)cccc21. The molecule has 120 valence electrons. The molecular formula is C22H20O2. The van der Waals surface area contributed by atoms with Gasteiger partial charge in [-0.05, 0) is 41.2 Å². The van der Waals surface area contributed by atoms with E-state index in [-0.39, 0.29) is 6.10 Å². The molecule has 0 fully saturated rings. The summed E-state index contributed by atoms with van der Waals surface area (Å²) in [5.74, 6) is 0.885. The molecule has 0 heterocycles. The van der Waals surface area contributed by atoms with Crippen LogP contribution in [0.5, 0.6) is 5.75 Å². The lowest BCUT2D eigenvalue weighted by molar-refractivity contribution is 0.180. The van der Waals surface area contributed by atoms with Crippen LogP contribution in [0.1, 0.15) is 29.2 Å². The van der Waals surface area contributed by atoms with Crippen LogP contribution in [0.3, 0.4) is 0 Å². The van der Waals surface area contributed by atoms with Crippen molar-refractivity contribution in [2.45, 2.75) is 25.6 Å². The Hall–Kier alpha value is -2.58. The molecule has 3 aromatic rings. The first-order valence-electron chi connectivity index (χ1n) is 8.39. The number of para-hydroxylation sites is 1. The van der Waals surface area contributed by atoms with Gasteiger partial charge in [0.05, 0.1) is 6.10 Å². The Kier molecular flexibility index (Phi) is 4.06. The lowest BCUT2D eigenvalue weighted by Gasteiger charge is -2.15. The summed E-state index contributed by atoms with van der Waals surface area (Å²) in [6, 6.07) is 24.5. The first-order valence-corrected chi connectivity index (χ1v) is 8.39.